The molecule has 2 saturated carbocycles. The molecular weight excluding hydrogens is 192 g/mol. The minimum Gasteiger partial charge on any atom is -0.103 e. The van der Waals surface area contributed by atoms with Crippen molar-refractivity contribution < 1.29 is 2.85 Å². The molecule has 0 aromatic carbocycles. The molecule has 0 N–H and O–H groups in total. The molecule has 16 heavy (non-hydrogen) atoms. The summed E-state index contributed by atoms with van der Waals surface area (Å²) >= 11 is 0. The van der Waals surface area contributed by atoms with E-state index in [-0.39, 0.29) is 10.3 Å². The van der Waals surface area contributed by atoms with Gasteiger partial charge in [-0.05, 0) is 62.2 Å². The molecule has 0 atom stereocenters. The number of hydrogen-bond donors (Lipinski definition) is 0. The molecule has 0 aliphatic heterocycles. The third-order valence-corrected chi connectivity index (χ3v) is 4.88. The van der Waals surface area contributed by atoms with Crippen LogP contribution in [0.3, 0.4) is 0 Å². The van der Waals surface area contributed by atoms with Crippen molar-refractivity contribution in [3.63, 3.8) is 0 Å². The molecule has 0 heterocycles. The van der Waals surface area contributed by atoms with Crippen LogP contribution in [0.4, 0.5) is 0 Å². The molecule has 2 fully saturated rings. The van der Waals surface area contributed by atoms with Crippen molar-refractivity contribution in [3.8, 4) is 0 Å². The first kappa shape index (κ1) is 13.8. The van der Waals surface area contributed by atoms with Crippen LogP contribution in [0.25, 0.3) is 0 Å². The maximum Gasteiger partial charge on any atom is 0 e. The highest BCUT2D eigenvalue weighted by atomic mass is 14.3. The Bertz CT molecular complexity index is 199. The molecule has 0 saturated heterocycles. The van der Waals surface area contributed by atoms with Gasteiger partial charge < -0.3 is 0 Å². The summed E-state index contributed by atoms with van der Waals surface area (Å²) in [5.74, 6) is 3.98. The second kappa shape index (κ2) is 6.47. The van der Waals surface area contributed by atoms with Crippen molar-refractivity contribution >= 4 is 0 Å². The van der Waals surface area contributed by atoms with Crippen LogP contribution in [-0.4, -0.2) is 0 Å². The molecule has 0 amide bonds. The lowest BCUT2D eigenvalue weighted by molar-refractivity contribution is 0.160. The summed E-state index contributed by atoms with van der Waals surface area (Å²) in [6.45, 7) is 6.35. The summed E-state index contributed by atoms with van der Waals surface area (Å²) in [5, 5.41) is 0. The van der Waals surface area contributed by atoms with Crippen LogP contribution in [0.5, 0.6) is 0 Å². The van der Waals surface area contributed by atoms with Crippen LogP contribution in [0.2, 0.25) is 0 Å². The maximum atomic E-state index is 3.93. The molecule has 0 radical (unpaired) electrons. The molecule has 0 bridgehead atoms. The Morgan fingerprint density at radius 3 is 1.75 bits per heavy atom. The average Bonchev–Trinajstić information content (AvgIpc) is 2.30. The van der Waals surface area contributed by atoms with Crippen molar-refractivity contribution in [3.05, 3.63) is 12.7 Å². The van der Waals surface area contributed by atoms with E-state index in [2.05, 4.69) is 19.6 Å². The zero-order valence-corrected chi connectivity index (χ0v) is 10.3. The summed E-state index contributed by atoms with van der Waals surface area (Å²) in [7, 11) is 0. The molecule has 0 aromatic heterocycles. The van der Waals surface area contributed by atoms with Crippen LogP contribution in [0.15, 0.2) is 12.7 Å². The lowest BCUT2D eigenvalue weighted by Gasteiger charge is -2.36. The Hall–Kier alpha value is -0.260. The molecular formula is C16H34. The summed E-state index contributed by atoms with van der Waals surface area (Å²) in [4.78, 5) is 0. The Balaban J connectivity index is 0. The third-order valence-electron chi connectivity index (χ3n) is 4.88. The Morgan fingerprint density at radius 1 is 0.875 bits per heavy atom. The SMILES string of the molecule is C.C=CC1CCC(C2CCC(C)CC2)CC1.[HH].[HH]. The first-order chi connectivity index (χ1) is 7.29. The van der Waals surface area contributed by atoms with Crippen molar-refractivity contribution in [1.82, 2.24) is 0 Å². The number of allylic oxidation sites excluding steroid dienone is 1. The summed E-state index contributed by atoms with van der Waals surface area (Å²) in [5.41, 5.74) is 0. The molecule has 0 nitrogen and oxygen atoms in total. The average molecular weight is 226 g/mol. The fourth-order valence-electron chi connectivity index (χ4n) is 3.61. The van der Waals surface area contributed by atoms with Crippen molar-refractivity contribution in [2.75, 3.05) is 0 Å². The normalized spacial score (nSPS) is 39.8. The van der Waals surface area contributed by atoms with Gasteiger partial charge in [0.1, 0.15) is 0 Å². The van der Waals surface area contributed by atoms with E-state index in [0.717, 1.165) is 23.7 Å². The van der Waals surface area contributed by atoms with Crippen molar-refractivity contribution in [2.45, 2.75) is 65.7 Å². The standard InChI is InChI=1S/C15H26.CH4.2H2/c1-3-13-6-10-15(11-7-13)14-8-4-12(2)5-9-14;;;/h3,12-15H,1,4-11H2,2H3;1H4;2*1H. The van der Waals surface area contributed by atoms with Crippen LogP contribution in [0, 0.1) is 23.7 Å². The summed E-state index contributed by atoms with van der Waals surface area (Å²) in [6.07, 6.45) is 14.0. The van der Waals surface area contributed by atoms with Crippen LogP contribution < -0.4 is 0 Å². The van der Waals surface area contributed by atoms with Gasteiger partial charge in [-0.1, -0.05) is 33.3 Å². The molecule has 98 valence electrons. The fraction of sp³-hybridized carbons (Fsp3) is 0.875. The van der Waals surface area contributed by atoms with E-state index in [1.165, 1.54) is 51.4 Å². The predicted molar refractivity (Wildman–Crippen MR) is 77.7 cm³/mol. The molecule has 0 aromatic rings. The van der Waals surface area contributed by atoms with Crippen LogP contribution >= 0.6 is 0 Å². The van der Waals surface area contributed by atoms with E-state index in [9.17, 15) is 0 Å². The highest BCUT2D eigenvalue weighted by Crippen LogP contribution is 2.41. The lowest BCUT2D eigenvalue weighted by atomic mass is 9.69. The highest BCUT2D eigenvalue weighted by Gasteiger charge is 2.28. The Kier molecular flexibility index (Phi) is 5.58. The smallest absolute Gasteiger partial charge is 0 e. The van der Waals surface area contributed by atoms with Crippen molar-refractivity contribution in [1.29, 1.82) is 0 Å². The van der Waals surface area contributed by atoms with E-state index in [1.807, 2.05) is 0 Å². The van der Waals surface area contributed by atoms with Gasteiger partial charge >= 0.3 is 0 Å². The summed E-state index contributed by atoms with van der Waals surface area (Å²) < 4.78 is 0. The van der Waals surface area contributed by atoms with E-state index < -0.39 is 0 Å². The molecule has 0 spiro atoms. The van der Waals surface area contributed by atoms with E-state index in [4.69, 9.17) is 0 Å². The minimum absolute atomic E-state index is 0. The largest absolute Gasteiger partial charge is 0.103 e. The molecule has 2 aliphatic carbocycles. The van der Waals surface area contributed by atoms with E-state index >= 15 is 0 Å². The Labute approximate surface area is 105 Å². The zero-order valence-electron chi connectivity index (χ0n) is 10.3. The highest BCUT2D eigenvalue weighted by molar-refractivity contribution is 4.87. The first-order valence-corrected chi connectivity index (χ1v) is 6.92. The van der Waals surface area contributed by atoms with Gasteiger partial charge in [-0.25, -0.2) is 0 Å². The molecule has 2 aliphatic rings. The predicted octanol–water partition coefficient (Wildman–Crippen LogP) is 5.93. The molecule has 0 heteroatoms. The van der Waals surface area contributed by atoms with Gasteiger partial charge in [0.05, 0.1) is 0 Å². The molecule has 0 unspecified atom stereocenters. The zero-order chi connectivity index (χ0) is 10.7. The van der Waals surface area contributed by atoms with Gasteiger partial charge in [0.25, 0.3) is 0 Å². The van der Waals surface area contributed by atoms with Gasteiger partial charge in [0.15, 0.2) is 0 Å². The third kappa shape index (κ3) is 3.37. The summed E-state index contributed by atoms with van der Waals surface area (Å²) in [6, 6.07) is 0. The Morgan fingerprint density at radius 2 is 1.31 bits per heavy atom. The van der Waals surface area contributed by atoms with Crippen molar-refractivity contribution in [2.24, 2.45) is 23.7 Å². The molecule has 2 rings (SSSR count). The topological polar surface area (TPSA) is 0 Å². The number of hydrogen-bond acceptors (Lipinski definition) is 0. The lowest BCUT2D eigenvalue weighted by Crippen LogP contribution is -2.24. The van der Waals surface area contributed by atoms with Crippen LogP contribution in [-0.2, 0) is 0 Å². The van der Waals surface area contributed by atoms with E-state index in [1.54, 1.807) is 0 Å². The fourth-order valence-corrected chi connectivity index (χ4v) is 3.61. The second-order valence-electron chi connectivity index (χ2n) is 5.93. The first-order valence-electron chi connectivity index (χ1n) is 6.92. The maximum absolute atomic E-state index is 3.93. The van der Waals surface area contributed by atoms with Crippen LogP contribution in [0.1, 0.15) is 68.6 Å². The quantitative estimate of drug-likeness (QED) is 0.512. The second-order valence-corrected chi connectivity index (χ2v) is 5.93. The van der Waals surface area contributed by atoms with Gasteiger partial charge in [0.2, 0.25) is 0 Å². The minimum atomic E-state index is 0. The monoisotopic (exact) mass is 226 g/mol. The number of rotatable bonds is 2. The van der Waals surface area contributed by atoms with Gasteiger partial charge in [-0.2, -0.15) is 0 Å². The van der Waals surface area contributed by atoms with Gasteiger partial charge in [-0.15, -0.1) is 6.58 Å². The van der Waals surface area contributed by atoms with Gasteiger partial charge in [0, 0.05) is 2.85 Å². The van der Waals surface area contributed by atoms with E-state index in [0.29, 0.717) is 0 Å². The van der Waals surface area contributed by atoms with Gasteiger partial charge in [-0.3, -0.25) is 0 Å².